The van der Waals surface area contributed by atoms with E-state index in [2.05, 4.69) is 5.32 Å². The van der Waals surface area contributed by atoms with Gasteiger partial charge < -0.3 is 10.2 Å². The maximum atomic E-state index is 14.7. The van der Waals surface area contributed by atoms with E-state index in [9.17, 15) is 23.6 Å². The zero-order valence-corrected chi connectivity index (χ0v) is 22.8. The van der Waals surface area contributed by atoms with E-state index in [0.29, 0.717) is 23.1 Å². The van der Waals surface area contributed by atoms with Gasteiger partial charge in [-0.05, 0) is 43.5 Å². The SMILES string of the molecule is CC[C@@H](C)NC(=O)[C@H](Cc1ccccc1)N(Cc1ccccc1F)C(=O)CCCN1C(=O)c2ccccc2C1=O. The number of amides is 4. The van der Waals surface area contributed by atoms with Crippen LogP contribution < -0.4 is 5.32 Å². The summed E-state index contributed by atoms with van der Waals surface area (Å²) in [6, 6.07) is 21.2. The van der Waals surface area contributed by atoms with Crippen molar-refractivity contribution in [1.82, 2.24) is 15.1 Å². The number of carbonyl (C=O) groups is 4. The molecule has 0 bridgehead atoms. The van der Waals surface area contributed by atoms with Gasteiger partial charge in [0.25, 0.3) is 11.8 Å². The molecule has 0 radical (unpaired) electrons. The molecule has 1 aliphatic heterocycles. The Morgan fingerprint density at radius 1 is 0.900 bits per heavy atom. The molecule has 3 aromatic rings. The molecule has 0 spiro atoms. The van der Waals surface area contributed by atoms with Gasteiger partial charge in [-0.3, -0.25) is 24.1 Å². The number of nitrogens with one attached hydrogen (secondary N) is 1. The minimum absolute atomic E-state index is 0.0240. The van der Waals surface area contributed by atoms with Crippen molar-refractivity contribution >= 4 is 23.6 Å². The van der Waals surface area contributed by atoms with Crippen LogP contribution in [0.1, 0.15) is 65.0 Å². The third-order valence-corrected chi connectivity index (χ3v) is 7.22. The Labute approximate surface area is 234 Å². The Morgan fingerprint density at radius 3 is 2.12 bits per heavy atom. The molecule has 0 fully saturated rings. The van der Waals surface area contributed by atoms with Gasteiger partial charge in [-0.15, -0.1) is 0 Å². The van der Waals surface area contributed by atoms with Crippen molar-refractivity contribution in [2.45, 2.75) is 58.2 Å². The van der Waals surface area contributed by atoms with Crippen molar-refractivity contribution in [3.63, 3.8) is 0 Å². The summed E-state index contributed by atoms with van der Waals surface area (Å²) >= 11 is 0. The maximum absolute atomic E-state index is 14.7. The van der Waals surface area contributed by atoms with Gasteiger partial charge in [-0.1, -0.05) is 67.6 Å². The van der Waals surface area contributed by atoms with Gasteiger partial charge in [0.2, 0.25) is 11.8 Å². The minimum atomic E-state index is -0.886. The highest BCUT2D eigenvalue weighted by atomic mass is 19.1. The molecular formula is C32H34FN3O4. The van der Waals surface area contributed by atoms with E-state index in [1.54, 1.807) is 42.5 Å². The summed E-state index contributed by atoms with van der Waals surface area (Å²) in [5.74, 6) is -1.91. The van der Waals surface area contributed by atoms with E-state index in [-0.39, 0.29) is 62.0 Å². The first kappa shape index (κ1) is 28.7. The fourth-order valence-corrected chi connectivity index (χ4v) is 4.78. The zero-order valence-electron chi connectivity index (χ0n) is 22.8. The van der Waals surface area contributed by atoms with E-state index in [0.717, 1.165) is 10.5 Å². The molecule has 4 rings (SSSR count). The Morgan fingerprint density at radius 2 is 1.50 bits per heavy atom. The zero-order chi connectivity index (χ0) is 28.6. The first-order valence-electron chi connectivity index (χ1n) is 13.6. The third-order valence-electron chi connectivity index (χ3n) is 7.22. The molecule has 0 saturated carbocycles. The second-order valence-corrected chi connectivity index (χ2v) is 10.0. The van der Waals surface area contributed by atoms with Gasteiger partial charge >= 0.3 is 0 Å². The van der Waals surface area contributed by atoms with Crippen molar-refractivity contribution in [3.05, 3.63) is 107 Å². The first-order valence-corrected chi connectivity index (χ1v) is 13.6. The van der Waals surface area contributed by atoms with Crippen LogP contribution in [0.5, 0.6) is 0 Å². The fourth-order valence-electron chi connectivity index (χ4n) is 4.78. The number of halogens is 1. The van der Waals surface area contributed by atoms with Gasteiger partial charge in [0.1, 0.15) is 11.9 Å². The molecule has 4 amide bonds. The standard InChI is InChI=1S/C32H34FN3O4/c1-3-22(2)34-30(38)28(20-23-12-5-4-6-13-23)36(21-24-14-7-10-17-27(24)33)29(37)18-11-19-35-31(39)25-15-8-9-16-26(25)32(35)40/h4-10,12-17,22,28H,3,11,18-21H2,1-2H3,(H,34,38)/t22-,28+/m1/s1. The van der Waals surface area contributed by atoms with Crippen LogP contribution in [0.15, 0.2) is 78.9 Å². The topological polar surface area (TPSA) is 86.8 Å². The second kappa shape index (κ2) is 13.2. The summed E-state index contributed by atoms with van der Waals surface area (Å²) in [4.78, 5) is 55.3. The normalized spacial score (nSPS) is 14.0. The smallest absolute Gasteiger partial charge is 0.261 e. The summed E-state index contributed by atoms with van der Waals surface area (Å²) in [7, 11) is 0. The van der Waals surface area contributed by atoms with Crippen LogP contribution in [0, 0.1) is 5.82 Å². The number of benzene rings is 3. The van der Waals surface area contributed by atoms with Gasteiger partial charge in [0.15, 0.2) is 0 Å². The molecular weight excluding hydrogens is 509 g/mol. The molecule has 7 nitrogen and oxygen atoms in total. The molecule has 1 N–H and O–H groups in total. The molecule has 0 aromatic heterocycles. The molecule has 2 atom stereocenters. The number of hydrogen-bond acceptors (Lipinski definition) is 4. The van der Waals surface area contributed by atoms with E-state index >= 15 is 0 Å². The lowest BCUT2D eigenvalue weighted by Gasteiger charge is -2.32. The van der Waals surface area contributed by atoms with Crippen molar-refractivity contribution in [1.29, 1.82) is 0 Å². The fraction of sp³-hybridized carbons (Fsp3) is 0.312. The molecule has 0 saturated heterocycles. The summed E-state index contributed by atoms with van der Waals surface area (Å²) in [5.41, 5.74) is 1.86. The van der Waals surface area contributed by atoms with E-state index < -0.39 is 11.9 Å². The molecule has 0 unspecified atom stereocenters. The Bertz CT molecular complexity index is 1340. The van der Waals surface area contributed by atoms with Gasteiger partial charge in [-0.2, -0.15) is 0 Å². The summed E-state index contributed by atoms with van der Waals surface area (Å²) in [6.07, 6.45) is 1.15. The predicted molar refractivity (Wildman–Crippen MR) is 150 cm³/mol. The molecule has 3 aromatic carbocycles. The second-order valence-electron chi connectivity index (χ2n) is 10.0. The van der Waals surface area contributed by atoms with Gasteiger partial charge in [0, 0.05) is 37.5 Å². The molecule has 1 heterocycles. The number of rotatable bonds is 12. The Hall–Kier alpha value is -4.33. The van der Waals surface area contributed by atoms with Crippen molar-refractivity contribution in [3.8, 4) is 0 Å². The number of nitrogens with zero attached hydrogens (tertiary/aromatic N) is 2. The van der Waals surface area contributed by atoms with E-state index in [1.807, 2.05) is 44.2 Å². The van der Waals surface area contributed by atoms with Crippen molar-refractivity contribution in [2.75, 3.05) is 6.54 Å². The van der Waals surface area contributed by atoms with Crippen LogP contribution in [0.2, 0.25) is 0 Å². The number of hydrogen-bond donors (Lipinski definition) is 1. The monoisotopic (exact) mass is 543 g/mol. The van der Waals surface area contributed by atoms with Crippen LogP contribution in [0.4, 0.5) is 4.39 Å². The molecule has 1 aliphatic rings. The largest absolute Gasteiger partial charge is 0.352 e. The molecule has 0 aliphatic carbocycles. The molecule has 8 heteroatoms. The van der Waals surface area contributed by atoms with Gasteiger partial charge in [-0.25, -0.2) is 4.39 Å². The average molecular weight is 544 g/mol. The summed E-state index contributed by atoms with van der Waals surface area (Å²) < 4.78 is 14.7. The first-order chi connectivity index (χ1) is 19.3. The van der Waals surface area contributed by atoms with Crippen LogP contribution in [-0.2, 0) is 22.6 Å². The Kier molecular flexibility index (Phi) is 9.43. The number of fused-ring (bicyclic) bond motifs is 1. The summed E-state index contributed by atoms with van der Waals surface area (Å²) in [6.45, 7) is 3.82. The lowest BCUT2D eigenvalue weighted by Crippen LogP contribution is -2.52. The highest BCUT2D eigenvalue weighted by molar-refractivity contribution is 6.21. The van der Waals surface area contributed by atoms with Gasteiger partial charge in [0.05, 0.1) is 11.1 Å². The lowest BCUT2D eigenvalue weighted by atomic mass is 10.0. The summed E-state index contributed by atoms with van der Waals surface area (Å²) in [5, 5.41) is 2.98. The average Bonchev–Trinajstić information content (AvgIpc) is 3.21. The Balaban J connectivity index is 1.56. The molecule has 40 heavy (non-hydrogen) atoms. The van der Waals surface area contributed by atoms with Crippen LogP contribution in [0.3, 0.4) is 0 Å². The highest BCUT2D eigenvalue weighted by Crippen LogP contribution is 2.23. The lowest BCUT2D eigenvalue weighted by molar-refractivity contribution is -0.141. The quantitative estimate of drug-likeness (QED) is 0.334. The number of carbonyl (C=O) groups excluding carboxylic acids is 4. The highest BCUT2D eigenvalue weighted by Gasteiger charge is 2.35. The van der Waals surface area contributed by atoms with E-state index in [1.165, 1.54) is 11.0 Å². The van der Waals surface area contributed by atoms with Crippen LogP contribution in [-0.4, -0.2) is 52.1 Å². The van der Waals surface area contributed by atoms with Crippen LogP contribution >= 0.6 is 0 Å². The maximum Gasteiger partial charge on any atom is 0.261 e. The number of imide groups is 1. The van der Waals surface area contributed by atoms with Crippen LogP contribution in [0.25, 0.3) is 0 Å². The van der Waals surface area contributed by atoms with E-state index in [4.69, 9.17) is 0 Å². The molecule has 208 valence electrons. The van der Waals surface area contributed by atoms with Crippen molar-refractivity contribution in [2.24, 2.45) is 0 Å². The minimum Gasteiger partial charge on any atom is -0.352 e. The third kappa shape index (κ3) is 6.62. The van der Waals surface area contributed by atoms with Crippen molar-refractivity contribution < 1.29 is 23.6 Å². The predicted octanol–water partition coefficient (Wildman–Crippen LogP) is 4.76.